The van der Waals surface area contributed by atoms with Gasteiger partial charge in [0.15, 0.2) is 0 Å². The Kier molecular flexibility index (Phi) is 3.47. The van der Waals surface area contributed by atoms with Gasteiger partial charge in [-0.2, -0.15) is 0 Å². The Hall–Kier alpha value is -0.600. The fraction of sp³-hybridized carbons (Fsp3) is 0.444. The van der Waals surface area contributed by atoms with Gasteiger partial charge in [-0.05, 0) is 73.3 Å². The van der Waals surface area contributed by atoms with Crippen LogP contribution in [0.1, 0.15) is 56.1 Å². The summed E-state index contributed by atoms with van der Waals surface area (Å²) < 4.78 is 0. The molecule has 0 radical (unpaired) electrons. The molecular weight excluding hydrogens is 328 g/mol. The van der Waals surface area contributed by atoms with E-state index in [9.17, 15) is 0 Å². The van der Waals surface area contributed by atoms with Crippen LogP contribution >= 0.6 is 27.3 Å². The predicted octanol–water partition coefficient (Wildman–Crippen LogP) is 5.60. The molecule has 2 aliphatic carbocycles. The predicted molar refractivity (Wildman–Crippen MR) is 90.2 cm³/mol. The highest BCUT2D eigenvalue weighted by molar-refractivity contribution is 9.09. The summed E-state index contributed by atoms with van der Waals surface area (Å²) >= 11 is 5.96. The first-order chi connectivity index (χ1) is 9.81. The van der Waals surface area contributed by atoms with Gasteiger partial charge in [-0.25, -0.2) is 0 Å². The molecule has 20 heavy (non-hydrogen) atoms. The average molecular weight is 347 g/mol. The van der Waals surface area contributed by atoms with E-state index in [-0.39, 0.29) is 0 Å². The molecule has 0 saturated carbocycles. The molecule has 1 aromatic carbocycles. The molecule has 1 unspecified atom stereocenters. The quantitative estimate of drug-likeness (QED) is 0.620. The van der Waals surface area contributed by atoms with E-state index in [2.05, 4.69) is 40.2 Å². The topological polar surface area (TPSA) is 0 Å². The maximum atomic E-state index is 3.94. The third kappa shape index (κ3) is 2.27. The normalized spacial score (nSPS) is 18.6. The lowest BCUT2D eigenvalue weighted by Crippen LogP contribution is -1.96. The number of halogens is 1. The van der Waals surface area contributed by atoms with E-state index in [1.54, 1.807) is 21.6 Å². The van der Waals surface area contributed by atoms with Crippen LogP contribution < -0.4 is 0 Å². The zero-order valence-corrected chi connectivity index (χ0v) is 14.0. The average Bonchev–Trinajstić information content (AvgIpc) is 3.11. The summed E-state index contributed by atoms with van der Waals surface area (Å²) in [5, 5.41) is 0. The number of aryl methyl sites for hydroxylation is 4. The Bertz CT molecular complexity index is 617. The molecule has 2 aromatic rings. The molecule has 0 nitrogen and oxygen atoms in total. The van der Waals surface area contributed by atoms with E-state index in [0.29, 0.717) is 4.83 Å². The van der Waals surface area contributed by atoms with E-state index in [1.807, 2.05) is 11.3 Å². The van der Waals surface area contributed by atoms with Gasteiger partial charge in [0.05, 0.1) is 4.83 Å². The van der Waals surface area contributed by atoms with Crippen molar-refractivity contribution in [3.63, 3.8) is 0 Å². The third-order valence-electron chi connectivity index (χ3n) is 4.68. The molecular formula is C18H19BrS. The van der Waals surface area contributed by atoms with Crippen molar-refractivity contribution >= 4 is 27.3 Å². The molecule has 0 bridgehead atoms. The summed E-state index contributed by atoms with van der Waals surface area (Å²) in [6.45, 7) is 0. The fourth-order valence-corrected chi connectivity index (χ4v) is 5.51. The first-order valence-electron chi connectivity index (χ1n) is 7.68. The van der Waals surface area contributed by atoms with Crippen LogP contribution in [0.3, 0.4) is 0 Å². The highest BCUT2D eigenvalue weighted by atomic mass is 79.9. The van der Waals surface area contributed by atoms with Crippen molar-refractivity contribution in [1.29, 1.82) is 0 Å². The molecule has 4 rings (SSSR count). The highest BCUT2D eigenvalue weighted by Gasteiger charge is 2.20. The highest BCUT2D eigenvalue weighted by Crippen LogP contribution is 2.40. The van der Waals surface area contributed by atoms with Gasteiger partial charge < -0.3 is 0 Å². The van der Waals surface area contributed by atoms with E-state index >= 15 is 0 Å². The number of fused-ring (bicyclic) bond motifs is 2. The van der Waals surface area contributed by atoms with Crippen LogP contribution in [0, 0.1) is 0 Å². The largest absolute Gasteiger partial charge is 0.144 e. The molecule has 1 heterocycles. The van der Waals surface area contributed by atoms with Gasteiger partial charge in [0.1, 0.15) is 0 Å². The maximum absolute atomic E-state index is 3.94. The molecule has 1 aromatic heterocycles. The van der Waals surface area contributed by atoms with Crippen LogP contribution in [-0.4, -0.2) is 0 Å². The molecule has 2 heteroatoms. The summed E-state index contributed by atoms with van der Waals surface area (Å²) in [4.78, 5) is 3.51. The molecule has 1 atom stereocenters. The summed E-state index contributed by atoms with van der Waals surface area (Å²) in [6, 6.07) is 9.55. The van der Waals surface area contributed by atoms with Gasteiger partial charge in [-0.1, -0.05) is 34.1 Å². The number of rotatable bonds is 2. The minimum Gasteiger partial charge on any atom is -0.144 e. The van der Waals surface area contributed by atoms with Crippen molar-refractivity contribution in [2.75, 3.05) is 0 Å². The Morgan fingerprint density at radius 2 is 1.65 bits per heavy atom. The minimum absolute atomic E-state index is 0.379. The maximum Gasteiger partial charge on any atom is 0.0738 e. The zero-order chi connectivity index (χ0) is 13.5. The molecule has 104 valence electrons. The lowest BCUT2D eigenvalue weighted by Gasteiger charge is -2.10. The van der Waals surface area contributed by atoms with Crippen LogP contribution in [0.25, 0.3) is 0 Å². The third-order valence-corrected chi connectivity index (χ3v) is 7.31. The van der Waals surface area contributed by atoms with Gasteiger partial charge >= 0.3 is 0 Å². The van der Waals surface area contributed by atoms with Gasteiger partial charge in [0.2, 0.25) is 0 Å². The number of hydrogen-bond donors (Lipinski definition) is 0. The molecule has 0 saturated heterocycles. The summed E-state index contributed by atoms with van der Waals surface area (Å²) in [7, 11) is 0. The van der Waals surface area contributed by atoms with Gasteiger partial charge in [-0.15, -0.1) is 11.3 Å². The van der Waals surface area contributed by atoms with E-state index in [4.69, 9.17) is 0 Å². The molecule has 0 fully saturated rings. The van der Waals surface area contributed by atoms with Crippen LogP contribution in [0.4, 0.5) is 0 Å². The van der Waals surface area contributed by atoms with Gasteiger partial charge in [-0.3, -0.25) is 0 Å². The lowest BCUT2D eigenvalue weighted by molar-refractivity contribution is 0.697. The van der Waals surface area contributed by atoms with Crippen LogP contribution in [0.5, 0.6) is 0 Å². The van der Waals surface area contributed by atoms with E-state index < -0.39 is 0 Å². The molecule has 2 aliphatic rings. The second-order valence-corrected chi connectivity index (χ2v) is 8.13. The first-order valence-corrected chi connectivity index (χ1v) is 9.42. The molecule has 0 amide bonds. The van der Waals surface area contributed by atoms with Crippen molar-refractivity contribution < 1.29 is 0 Å². The van der Waals surface area contributed by atoms with E-state index in [0.717, 1.165) is 0 Å². The standard InChI is InChI=1S/C18H19BrS/c19-18(15-9-8-12-5-3-6-13(12)10-15)17-11-14-4-1-2-7-16(14)20-17/h8-11,18H,1-7H2. The smallest absolute Gasteiger partial charge is 0.0738 e. The Balaban J connectivity index is 1.66. The molecule has 0 N–H and O–H groups in total. The van der Waals surface area contributed by atoms with Crippen molar-refractivity contribution in [1.82, 2.24) is 0 Å². The lowest BCUT2D eigenvalue weighted by atomic mass is 9.98. The molecule has 0 aliphatic heterocycles. The Labute approximate surface area is 133 Å². The number of alkyl halides is 1. The van der Waals surface area contributed by atoms with Crippen LogP contribution in [0.2, 0.25) is 0 Å². The fourth-order valence-electron chi connectivity index (χ4n) is 3.55. The summed E-state index contributed by atoms with van der Waals surface area (Å²) in [5.41, 5.74) is 6.19. The van der Waals surface area contributed by atoms with Gasteiger partial charge in [0, 0.05) is 9.75 Å². The van der Waals surface area contributed by atoms with Crippen molar-refractivity contribution in [3.05, 3.63) is 56.3 Å². The SMILES string of the molecule is BrC(c1ccc2c(c1)CCC2)c1cc2c(s1)CCCC2. The monoisotopic (exact) mass is 346 g/mol. The number of hydrogen-bond acceptors (Lipinski definition) is 1. The second-order valence-electron chi connectivity index (χ2n) is 6.05. The molecule has 0 spiro atoms. The first kappa shape index (κ1) is 13.1. The second kappa shape index (κ2) is 5.31. The number of benzene rings is 1. The van der Waals surface area contributed by atoms with E-state index in [1.165, 1.54) is 55.4 Å². The van der Waals surface area contributed by atoms with Crippen molar-refractivity contribution in [2.45, 2.75) is 49.8 Å². The van der Waals surface area contributed by atoms with Gasteiger partial charge in [0.25, 0.3) is 0 Å². The number of thiophene rings is 1. The zero-order valence-electron chi connectivity index (χ0n) is 11.6. The van der Waals surface area contributed by atoms with Crippen LogP contribution in [0.15, 0.2) is 24.3 Å². The van der Waals surface area contributed by atoms with Crippen molar-refractivity contribution in [3.8, 4) is 0 Å². The Morgan fingerprint density at radius 1 is 0.850 bits per heavy atom. The Morgan fingerprint density at radius 3 is 2.55 bits per heavy atom. The summed E-state index contributed by atoms with van der Waals surface area (Å²) in [5.74, 6) is 0. The van der Waals surface area contributed by atoms with Crippen molar-refractivity contribution in [2.24, 2.45) is 0 Å². The summed E-state index contributed by atoms with van der Waals surface area (Å²) in [6.07, 6.45) is 9.20. The minimum atomic E-state index is 0.379. The van der Waals surface area contributed by atoms with Crippen LogP contribution in [-0.2, 0) is 25.7 Å².